The molecule has 1 aliphatic rings. The highest BCUT2D eigenvalue weighted by Gasteiger charge is 2.22. The number of benzene rings is 2. The fourth-order valence-corrected chi connectivity index (χ4v) is 3.27. The van der Waals surface area contributed by atoms with Crippen LogP contribution in [0.15, 0.2) is 53.1 Å². The number of hydrogen-bond donors (Lipinski definition) is 0. The largest absolute Gasteiger partial charge is 0.339 e. The van der Waals surface area contributed by atoms with Crippen LogP contribution in [-0.2, 0) is 0 Å². The standard InChI is InChI=1S/C21H20FN3O2/c1-14-8-10-25(11-9-14)21(26)17-6-2-5-16(12-17)20-23-19(24-27-20)15-4-3-7-18(22)13-15/h2-7,12-14H,8-11H2,1H3. The molecule has 0 N–H and O–H groups in total. The van der Waals surface area contributed by atoms with Crippen LogP contribution in [0.2, 0.25) is 0 Å². The number of halogens is 1. The first kappa shape index (κ1) is 17.4. The Labute approximate surface area is 156 Å². The van der Waals surface area contributed by atoms with E-state index in [1.807, 2.05) is 11.0 Å². The van der Waals surface area contributed by atoms with Crippen molar-refractivity contribution in [2.24, 2.45) is 5.92 Å². The zero-order valence-electron chi connectivity index (χ0n) is 15.1. The number of carbonyl (C=O) groups is 1. The molecule has 1 saturated heterocycles. The smallest absolute Gasteiger partial charge is 0.258 e. The summed E-state index contributed by atoms with van der Waals surface area (Å²) in [5, 5.41) is 3.93. The highest BCUT2D eigenvalue weighted by atomic mass is 19.1. The third kappa shape index (κ3) is 3.74. The third-order valence-electron chi connectivity index (χ3n) is 4.94. The van der Waals surface area contributed by atoms with E-state index in [1.165, 1.54) is 12.1 Å². The summed E-state index contributed by atoms with van der Waals surface area (Å²) in [7, 11) is 0. The van der Waals surface area contributed by atoms with E-state index in [0.29, 0.717) is 34.3 Å². The quantitative estimate of drug-likeness (QED) is 0.690. The lowest BCUT2D eigenvalue weighted by atomic mass is 9.98. The van der Waals surface area contributed by atoms with E-state index in [4.69, 9.17) is 4.52 Å². The van der Waals surface area contributed by atoms with Gasteiger partial charge in [0, 0.05) is 29.8 Å². The molecule has 0 spiro atoms. The van der Waals surface area contributed by atoms with Gasteiger partial charge in [0.15, 0.2) is 0 Å². The van der Waals surface area contributed by atoms with E-state index >= 15 is 0 Å². The zero-order valence-corrected chi connectivity index (χ0v) is 15.1. The average molecular weight is 365 g/mol. The molecule has 0 bridgehead atoms. The third-order valence-corrected chi connectivity index (χ3v) is 4.94. The van der Waals surface area contributed by atoms with Gasteiger partial charge in [0.2, 0.25) is 5.82 Å². The van der Waals surface area contributed by atoms with Crippen LogP contribution in [0, 0.1) is 11.7 Å². The zero-order chi connectivity index (χ0) is 18.8. The van der Waals surface area contributed by atoms with Crippen LogP contribution in [0.4, 0.5) is 4.39 Å². The molecule has 0 atom stereocenters. The van der Waals surface area contributed by atoms with Crippen molar-refractivity contribution in [1.29, 1.82) is 0 Å². The van der Waals surface area contributed by atoms with Gasteiger partial charge in [-0.25, -0.2) is 4.39 Å². The molecule has 0 aliphatic carbocycles. The molecular weight excluding hydrogens is 345 g/mol. The van der Waals surface area contributed by atoms with Crippen molar-refractivity contribution in [2.75, 3.05) is 13.1 Å². The molecule has 1 fully saturated rings. The second-order valence-electron chi connectivity index (χ2n) is 6.99. The highest BCUT2D eigenvalue weighted by Crippen LogP contribution is 2.24. The molecule has 1 aromatic heterocycles. The van der Waals surface area contributed by atoms with Gasteiger partial charge in [-0.05, 0) is 49.1 Å². The van der Waals surface area contributed by atoms with Crippen LogP contribution >= 0.6 is 0 Å². The summed E-state index contributed by atoms with van der Waals surface area (Å²) in [6.45, 7) is 3.79. The van der Waals surface area contributed by atoms with Gasteiger partial charge in [0.05, 0.1) is 0 Å². The Morgan fingerprint density at radius 3 is 2.63 bits per heavy atom. The van der Waals surface area contributed by atoms with Crippen molar-refractivity contribution in [3.8, 4) is 22.8 Å². The molecule has 2 heterocycles. The fraction of sp³-hybridized carbons (Fsp3) is 0.286. The molecule has 1 amide bonds. The molecule has 138 valence electrons. The number of rotatable bonds is 3. The molecule has 3 aromatic rings. The topological polar surface area (TPSA) is 59.2 Å². The van der Waals surface area contributed by atoms with Gasteiger partial charge < -0.3 is 9.42 Å². The minimum Gasteiger partial charge on any atom is -0.339 e. The molecule has 0 unspecified atom stereocenters. The van der Waals surface area contributed by atoms with Crippen molar-refractivity contribution in [3.05, 3.63) is 59.9 Å². The van der Waals surface area contributed by atoms with Crippen LogP contribution in [0.1, 0.15) is 30.1 Å². The van der Waals surface area contributed by atoms with Crippen LogP contribution < -0.4 is 0 Å². The normalized spacial score (nSPS) is 15.1. The summed E-state index contributed by atoms with van der Waals surface area (Å²) in [6.07, 6.45) is 2.07. The van der Waals surface area contributed by atoms with Crippen molar-refractivity contribution >= 4 is 5.91 Å². The van der Waals surface area contributed by atoms with Gasteiger partial charge in [-0.15, -0.1) is 0 Å². The lowest BCUT2D eigenvalue weighted by Crippen LogP contribution is -2.37. The fourth-order valence-electron chi connectivity index (χ4n) is 3.27. The molecule has 0 radical (unpaired) electrons. The van der Waals surface area contributed by atoms with Gasteiger partial charge in [-0.2, -0.15) is 4.98 Å². The Morgan fingerprint density at radius 1 is 1.11 bits per heavy atom. The Kier molecular flexibility index (Phi) is 4.71. The van der Waals surface area contributed by atoms with E-state index in [1.54, 1.807) is 30.3 Å². The van der Waals surface area contributed by atoms with E-state index in [2.05, 4.69) is 17.1 Å². The molecule has 2 aromatic carbocycles. The maximum atomic E-state index is 13.4. The number of piperidine rings is 1. The lowest BCUT2D eigenvalue weighted by molar-refractivity contribution is 0.0697. The van der Waals surface area contributed by atoms with Gasteiger partial charge in [-0.1, -0.05) is 30.3 Å². The number of aromatic nitrogens is 2. The maximum Gasteiger partial charge on any atom is 0.258 e. The van der Waals surface area contributed by atoms with E-state index in [0.717, 1.165) is 25.9 Å². The minimum absolute atomic E-state index is 0.0219. The number of hydrogen-bond acceptors (Lipinski definition) is 4. The van der Waals surface area contributed by atoms with Crippen LogP contribution in [0.3, 0.4) is 0 Å². The summed E-state index contributed by atoms with van der Waals surface area (Å²) in [6, 6.07) is 13.2. The van der Waals surface area contributed by atoms with Gasteiger partial charge in [0.25, 0.3) is 11.8 Å². The first-order valence-corrected chi connectivity index (χ1v) is 9.09. The van der Waals surface area contributed by atoms with Crippen molar-refractivity contribution in [3.63, 3.8) is 0 Å². The molecular formula is C21H20FN3O2. The number of amides is 1. The monoisotopic (exact) mass is 365 g/mol. The van der Waals surface area contributed by atoms with E-state index < -0.39 is 0 Å². The maximum absolute atomic E-state index is 13.4. The Hall–Kier alpha value is -3.02. The van der Waals surface area contributed by atoms with Crippen molar-refractivity contribution < 1.29 is 13.7 Å². The first-order valence-electron chi connectivity index (χ1n) is 9.09. The Morgan fingerprint density at radius 2 is 1.85 bits per heavy atom. The molecule has 0 saturated carbocycles. The Balaban J connectivity index is 1.57. The molecule has 27 heavy (non-hydrogen) atoms. The summed E-state index contributed by atoms with van der Waals surface area (Å²) in [5.74, 6) is 0.943. The number of carbonyl (C=O) groups excluding carboxylic acids is 1. The summed E-state index contributed by atoms with van der Waals surface area (Å²) in [5.41, 5.74) is 1.81. The first-order chi connectivity index (χ1) is 13.1. The number of likely N-dealkylation sites (tertiary alicyclic amines) is 1. The van der Waals surface area contributed by atoms with Crippen molar-refractivity contribution in [1.82, 2.24) is 15.0 Å². The van der Waals surface area contributed by atoms with E-state index in [9.17, 15) is 9.18 Å². The Bertz CT molecular complexity index is 961. The second kappa shape index (κ2) is 7.31. The predicted molar refractivity (Wildman–Crippen MR) is 99.4 cm³/mol. The number of nitrogens with zero attached hydrogens (tertiary/aromatic N) is 3. The van der Waals surface area contributed by atoms with Crippen molar-refractivity contribution in [2.45, 2.75) is 19.8 Å². The van der Waals surface area contributed by atoms with E-state index in [-0.39, 0.29) is 11.7 Å². The summed E-state index contributed by atoms with van der Waals surface area (Å²) < 4.78 is 18.7. The summed E-state index contributed by atoms with van der Waals surface area (Å²) >= 11 is 0. The second-order valence-corrected chi connectivity index (χ2v) is 6.99. The van der Waals surface area contributed by atoms with Gasteiger partial charge in [-0.3, -0.25) is 4.79 Å². The predicted octanol–water partition coefficient (Wildman–Crippen LogP) is 4.41. The summed E-state index contributed by atoms with van der Waals surface area (Å²) in [4.78, 5) is 19.0. The lowest BCUT2D eigenvalue weighted by Gasteiger charge is -2.30. The van der Waals surface area contributed by atoms with Crippen LogP contribution in [0.5, 0.6) is 0 Å². The molecule has 4 rings (SSSR count). The highest BCUT2D eigenvalue weighted by molar-refractivity contribution is 5.95. The van der Waals surface area contributed by atoms with Crippen LogP contribution in [0.25, 0.3) is 22.8 Å². The minimum atomic E-state index is -0.359. The SMILES string of the molecule is CC1CCN(C(=O)c2cccc(-c3nc(-c4cccc(F)c4)no3)c2)CC1. The molecule has 1 aliphatic heterocycles. The van der Waals surface area contributed by atoms with Gasteiger partial charge >= 0.3 is 0 Å². The van der Waals surface area contributed by atoms with Crippen LogP contribution in [-0.4, -0.2) is 34.0 Å². The molecule has 6 heteroatoms. The van der Waals surface area contributed by atoms with Gasteiger partial charge in [0.1, 0.15) is 5.82 Å². The average Bonchev–Trinajstić information content (AvgIpc) is 3.18. The molecule has 5 nitrogen and oxygen atoms in total.